The van der Waals surface area contributed by atoms with E-state index in [1.165, 1.54) is 17.5 Å². The Morgan fingerprint density at radius 1 is 1.07 bits per heavy atom. The highest BCUT2D eigenvalue weighted by molar-refractivity contribution is 8.00. The van der Waals surface area contributed by atoms with Crippen LogP contribution in [0, 0.1) is 5.92 Å². The molecule has 0 spiro atoms. The van der Waals surface area contributed by atoms with E-state index in [2.05, 4.69) is 23.5 Å². The molecular formula is C22H22N2O2S. The van der Waals surface area contributed by atoms with E-state index in [0.717, 1.165) is 42.6 Å². The molecule has 1 saturated carbocycles. The first-order valence-electron chi connectivity index (χ1n) is 9.65. The van der Waals surface area contributed by atoms with E-state index in [9.17, 15) is 9.59 Å². The van der Waals surface area contributed by atoms with Crippen LogP contribution >= 0.6 is 11.8 Å². The molecule has 2 fully saturated rings. The van der Waals surface area contributed by atoms with Gasteiger partial charge in [0.15, 0.2) is 0 Å². The van der Waals surface area contributed by atoms with Crippen molar-refractivity contribution in [1.82, 2.24) is 0 Å². The van der Waals surface area contributed by atoms with E-state index in [-0.39, 0.29) is 23.1 Å². The van der Waals surface area contributed by atoms with E-state index in [4.69, 9.17) is 0 Å². The predicted molar refractivity (Wildman–Crippen MR) is 109 cm³/mol. The Bertz CT molecular complexity index is 922. The molecule has 5 heteroatoms. The second kappa shape index (κ2) is 6.71. The summed E-state index contributed by atoms with van der Waals surface area (Å²) in [5.74, 6) is 0.924. The average Bonchev–Trinajstić information content (AvgIpc) is 3.31. The van der Waals surface area contributed by atoms with Crippen molar-refractivity contribution in [2.45, 2.75) is 37.5 Å². The Balaban J connectivity index is 1.43. The van der Waals surface area contributed by atoms with Gasteiger partial charge >= 0.3 is 0 Å². The maximum Gasteiger partial charge on any atom is 0.238 e. The van der Waals surface area contributed by atoms with E-state index in [1.54, 1.807) is 11.8 Å². The number of amides is 2. The minimum absolute atomic E-state index is 0.0465. The number of hydrogen-bond acceptors (Lipinski definition) is 3. The molecular weight excluding hydrogens is 356 g/mol. The van der Waals surface area contributed by atoms with E-state index < -0.39 is 0 Å². The van der Waals surface area contributed by atoms with Crippen LogP contribution in [0.3, 0.4) is 0 Å². The largest absolute Gasteiger partial charge is 0.326 e. The first kappa shape index (κ1) is 16.9. The van der Waals surface area contributed by atoms with Crippen molar-refractivity contribution in [3.05, 3.63) is 59.2 Å². The van der Waals surface area contributed by atoms with Gasteiger partial charge in [0.25, 0.3) is 0 Å². The number of carbonyl (C=O) groups excluding carboxylic acids is 2. The van der Waals surface area contributed by atoms with Gasteiger partial charge in [-0.05, 0) is 73.1 Å². The zero-order chi connectivity index (χ0) is 18.4. The summed E-state index contributed by atoms with van der Waals surface area (Å²) in [5, 5.41) is 2.97. The lowest BCUT2D eigenvalue weighted by atomic mass is 10.1. The first-order valence-corrected chi connectivity index (χ1v) is 10.7. The molecule has 0 aromatic heterocycles. The lowest BCUT2D eigenvalue weighted by molar-refractivity contribution is -0.117. The summed E-state index contributed by atoms with van der Waals surface area (Å²) in [6, 6.07) is 14.4. The lowest BCUT2D eigenvalue weighted by Gasteiger charge is -2.25. The Hall–Kier alpha value is -2.27. The van der Waals surface area contributed by atoms with Gasteiger partial charge in [-0.1, -0.05) is 18.2 Å². The molecule has 4 nitrogen and oxygen atoms in total. The van der Waals surface area contributed by atoms with Crippen LogP contribution < -0.4 is 10.2 Å². The van der Waals surface area contributed by atoms with Crippen LogP contribution in [0.4, 0.5) is 11.4 Å². The van der Waals surface area contributed by atoms with Crippen molar-refractivity contribution in [2.75, 3.05) is 16.0 Å². The fraction of sp³-hybridized carbons (Fsp3) is 0.364. The van der Waals surface area contributed by atoms with E-state index in [0.29, 0.717) is 5.75 Å². The molecule has 138 valence electrons. The van der Waals surface area contributed by atoms with Gasteiger partial charge in [-0.25, -0.2) is 0 Å². The third kappa shape index (κ3) is 3.25. The van der Waals surface area contributed by atoms with Gasteiger partial charge in [-0.15, -0.1) is 11.8 Å². The Labute approximate surface area is 163 Å². The summed E-state index contributed by atoms with van der Waals surface area (Å²) in [6.07, 6.45) is 5.43. The standard InChI is InChI=1S/C22H22N2O2S/c25-20-13-27-22(24(20)19-10-9-14-3-1-4-16(14)12-19)17-5-2-6-18(11-17)23-21(26)15-7-8-15/h2,5-6,9-12,15,22H,1,3-4,7-8,13H2,(H,23,26). The molecule has 5 rings (SSSR count). The zero-order valence-electron chi connectivity index (χ0n) is 15.1. The number of benzene rings is 2. The van der Waals surface area contributed by atoms with Crippen molar-refractivity contribution in [2.24, 2.45) is 5.92 Å². The highest BCUT2D eigenvalue weighted by Gasteiger charge is 2.35. The van der Waals surface area contributed by atoms with Crippen molar-refractivity contribution >= 4 is 35.0 Å². The molecule has 27 heavy (non-hydrogen) atoms. The predicted octanol–water partition coefficient (Wildman–Crippen LogP) is 4.30. The second-order valence-corrected chi connectivity index (χ2v) is 8.69. The fourth-order valence-corrected chi connectivity index (χ4v) is 5.18. The van der Waals surface area contributed by atoms with Crippen LogP contribution in [0.1, 0.15) is 41.3 Å². The van der Waals surface area contributed by atoms with Crippen LogP contribution in [0.5, 0.6) is 0 Å². The maximum absolute atomic E-state index is 12.7. The van der Waals surface area contributed by atoms with Gasteiger partial charge in [-0.2, -0.15) is 0 Å². The first-order chi connectivity index (χ1) is 13.2. The van der Waals surface area contributed by atoms with Crippen LogP contribution in [0.25, 0.3) is 0 Å². The van der Waals surface area contributed by atoms with Gasteiger partial charge in [0.1, 0.15) is 5.37 Å². The topological polar surface area (TPSA) is 49.4 Å². The van der Waals surface area contributed by atoms with Gasteiger partial charge in [-0.3, -0.25) is 14.5 Å². The lowest BCUT2D eigenvalue weighted by Crippen LogP contribution is -2.28. The molecule has 2 aromatic carbocycles. The normalized spacial score (nSPS) is 21.4. The number of nitrogens with one attached hydrogen (secondary N) is 1. The molecule has 0 bridgehead atoms. The van der Waals surface area contributed by atoms with Crippen molar-refractivity contribution in [1.29, 1.82) is 0 Å². The number of anilines is 2. The second-order valence-electron chi connectivity index (χ2n) is 7.62. The van der Waals surface area contributed by atoms with Crippen LogP contribution in [0.2, 0.25) is 0 Å². The minimum atomic E-state index is -0.0465. The molecule has 1 N–H and O–H groups in total. The highest BCUT2D eigenvalue weighted by Crippen LogP contribution is 2.43. The summed E-state index contributed by atoms with van der Waals surface area (Å²) in [7, 11) is 0. The Morgan fingerprint density at radius 2 is 1.93 bits per heavy atom. The smallest absolute Gasteiger partial charge is 0.238 e. The van der Waals surface area contributed by atoms with Crippen molar-refractivity contribution in [3.8, 4) is 0 Å². The molecule has 3 aliphatic rings. The van der Waals surface area contributed by atoms with Crippen LogP contribution in [-0.2, 0) is 22.4 Å². The third-order valence-corrected chi connectivity index (χ3v) is 6.83. The van der Waals surface area contributed by atoms with Gasteiger partial charge < -0.3 is 5.32 Å². The summed E-state index contributed by atoms with van der Waals surface area (Å²) >= 11 is 1.65. The maximum atomic E-state index is 12.7. The van der Waals surface area contributed by atoms with E-state index >= 15 is 0 Å². The highest BCUT2D eigenvalue weighted by atomic mass is 32.2. The summed E-state index contributed by atoms with van der Waals surface area (Å²) in [5.41, 5.74) is 5.65. The minimum Gasteiger partial charge on any atom is -0.326 e. The molecule has 2 aromatic rings. The Kier molecular flexibility index (Phi) is 4.20. The summed E-state index contributed by atoms with van der Waals surface area (Å²) in [4.78, 5) is 26.6. The molecule has 0 radical (unpaired) electrons. The van der Waals surface area contributed by atoms with Gasteiger partial charge in [0, 0.05) is 17.3 Å². The zero-order valence-corrected chi connectivity index (χ0v) is 15.9. The Morgan fingerprint density at radius 3 is 2.78 bits per heavy atom. The van der Waals surface area contributed by atoms with Crippen LogP contribution in [-0.4, -0.2) is 17.6 Å². The number of hydrogen-bond donors (Lipinski definition) is 1. The van der Waals surface area contributed by atoms with Gasteiger partial charge in [0.2, 0.25) is 11.8 Å². The molecule has 1 unspecified atom stereocenters. The molecule has 1 aliphatic heterocycles. The van der Waals surface area contributed by atoms with E-state index in [1.807, 2.05) is 29.2 Å². The molecule has 1 atom stereocenters. The molecule has 1 saturated heterocycles. The summed E-state index contributed by atoms with van der Waals surface area (Å²) in [6.45, 7) is 0. The molecule has 2 aliphatic carbocycles. The van der Waals surface area contributed by atoms with Crippen LogP contribution in [0.15, 0.2) is 42.5 Å². The number of carbonyl (C=O) groups is 2. The number of rotatable bonds is 4. The van der Waals surface area contributed by atoms with Gasteiger partial charge in [0.05, 0.1) is 5.75 Å². The van der Waals surface area contributed by atoms with Crippen molar-refractivity contribution < 1.29 is 9.59 Å². The molecule has 2 amide bonds. The number of nitrogens with zero attached hydrogens (tertiary/aromatic N) is 1. The number of thioether (sulfide) groups is 1. The number of aryl methyl sites for hydroxylation is 2. The monoisotopic (exact) mass is 378 g/mol. The SMILES string of the molecule is O=C(Nc1cccc(C2SCC(=O)N2c2ccc3c(c2)CCC3)c1)C1CC1. The molecule has 1 heterocycles. The average molecular weight is 378 g/mol. The third-order valence-electron chi connectivity index (χ3n) is 5.62. The fourth-order valence-electron chi connectivity index (χ4n) is 4.02. The summed E-state index contributed by atoms with van der Waals surface area (Å²) < 4.78 is 0. The quantitative estimate of drug-likeness (QED) is 0.863. The van der Waals surface area contributed by atoms with Crippen molar-refractivity contribution in [3.63, 3.8) is 0 Å². The number of fused-ring (bicyclic) bond motifs is 1.